The smallest absolute Gasteiger partial charge is 0.126 e. The molecule has 2 nitrogen and oxygen atoms in total. The Kier molecular flexibility index (Phi) is 5.50. The Morgan fingerprint density at radius 1 is 1.11 bits per heavy atom. The highest BCUT2D eigenvalue weighted by Crippen LogP contribution is 2.25. The molecular formula is C16H27FN2. The van der Waals surface area contributed by atoms with Crippen molar-refractivity contribution in [2.45, 2.75) is 39.5 Å². The Bertz CT molecular complexity index is 399. The first-order chi connectivity index (χ1) is 8.78. The lowest BCUT2D eigenvalue weighted by atomic mass is 9.83. The molecule has 0 aliphatic carbocycles. The quantitative estimate of drug-likeness (QED) is 0.796. The van der Waals surface area contributed by atoms with Gasteiger partial charge in [-0.15, -0.1) is 0 Å². The van der Waals surface area contributed by atoms with Gasteiger partial charge in [-0.2, -0.15) is 0 Å². The molecule has 0 radical (unpaired) electrons. The minimum atomic E-state index is -0.218. The molecule has 0 unspecified atom stereocenters. The van der Waals surface area contributed by atoms with Crippen molar-refractivity contribution in [3.63, 3.8) is 0 Å². The van der Waals surface area contributed by atoms with Gasteiger partial charge in [0.25, 0.3) is 0 Å². The van der Waals surface area contributed by atoms with Crippen LogP contribution in [0.2, 0.25) is 0 Å². The van der Waals surface area contributed by atoms with Crippen molar-refractivity contribution < 1.29 is 4.39 Å². The van der Waals surface area contributed by atoms with Crippen LogP contribution in [0.3, 0.4) is 0 Å². The predicted molar refractivity (Wildman–Crippen MR) is 79.7 cm³/mol. The number of nitrogens with two attached hydrogens (primary N) is 1. The molecule has 0 saturated carbocycles. The first-order valence-corrected chi connectivity index (χ1v) is 6.94. The van der Waals surface area contributed by atoms with E-state index in [1.165, 1.54) is 6.07 Å². The van der Waals surface area contributed by atoms with E-state index in [-0.39, 0.29) is 16.6 Å². The van der Waals surface area contributed by atoms with Gasteiger partial charge < -0.3 is 11.1 Å². The van der Waals surface area contributed by atoms with Gasteiger partial charge >= 0.3 is 0 Å². The number of rotatable bonds is 7. The van der Waals surface area contributed by atoms with Crippen molar-refractivity contribution in [1.29, 1.82) is 0 Å². The van der Waals surface area contributed by atoms with Crippen LogP contribution in [0, 0.1) is 11.2 Å². The van der Waals surface area contributed by atoms with E-state index in [9.17, 15) is 4.39 Å². The summed E-state index contributed by atoms with van der Waals surface area (Å²) >= 11 is 0. The fraction of sp³-hybridized carbons (Fsp3) is 0.625. The van der Waals surface area contributed by atoms with Gasteiger partial charge in [-0.25, -0.2) is 4.39 Å². The number of benzene rings is 1. The lowest BCUT2D eigenvalue weighted by molar-refractivity contribution is 0.304. The van der Waals surface area contributed by atoms with Crippen molar-refractivity contribution in [3.8, 4) is 0 Å². The zero-order valence-electron chi connectivity index (χ0n) is 12.6. The monoisotopic (exact) mass is 266 g/mol. The summed E-state index contributed by atoms with van der Waals surface area (Å²) in [7, 11) is 0. The van der Waals surface area contributed by atoms with Gasteiger partial charge in [0.05, 0.1) is 0 Å². The third-order valence-electron chi connectivity index (χ3n) is 3.59. The summed E-state index contributed by atoms with van der Waals surface area (Å²) in [5.74, 6) is -0.129. The molecule has 0 saturated heterocycles. The Morgan fingerprint density at radius 3 is 2.32 bits per heavy atom. The van der Waals surface area contributed by atoms with E-state index in [1.54, 1.807) is 6.07 Å². The Labute approximate surface area is 116 Å². The van der Waals surface area contributed by atoms with Gasteiger partial charge in [0.1, 0.15) is 5.82 Å². The summed E-state index contributed by atoms with van der Waals surface area (Å²) < 4.78 is 13.8. The van der Waals surface area contributed by atoms with Crippen LogP contribution in [0.5, 0.6) is 0 Å². The highest BCUT2D eigenvalue weighted by molar-refractivity contribution is 5.25. The lowest BCUT2D eigenvalue weighted by Gasteiger charge is -2.30. The van der Waals surface area contributed by atoms with Crippen LogP contribution in [0.25, 0.3) is 0 Å². The van der Waals surface area contributed by atoms with E-state index < -0.39 is 0 Å². The van der Waals surface area contributed by atoms with Crippen molar-refractivity contribution in [2.75, 3.05) is 19.6 Å². The van der Waals surface area contributed by atoms with E-state index in [4.69, 9.17) is 5.73 Å². The summed E-state index contributed by atoms with van der Waals surface area (Å²) in [4.78, 5) is 0. The second-order valence-electron chi connectivity index (χ2n) is 6.67. The summed E-state index contributed by atoms with van der Waals surface area (Å²) in [5.41, 5.74) is 6.33. The average Bonchev–Trinajstić information content (AvgIpc) is 2.28. The molecule has 0 aliphatic heterocycles. The second-order valence-corrected chi connectivity index (χ2v) is 6.67. The molecule has 1 rings (SSSR count). The molecule has 0 fully saturated rings. The van der Waals surface area contributed by atoms with E-state index in [1.807, 2.05) is 12.1 Å². The third-order valence-corrected chi connectivity index (χ3v) is 3.59. The number of hydrogen-bond acceptors (Lipinski definition) is 2. The van der Waals surface area contributed by atoms with E-state index in [0.29, 0.717) is 6.54 Å². The SMILES string of the molecule is CC(C)(CCN)CNCC(C)(C)c1ccccc1F. The number of halogens is 1. The molecule has 19 heavy (non-hydrogen) atoms. The van der Waals surface area contributed by atoms with Gasteiger partial charge in [-0.1, -0.05) is 45.9 Å². The summed E-state index contributed by atoms with van der Waals surface area (Å²) in [5, 5.41) is 3.45. The van der Waals surface area contributed by atoms with Gasteiger partial charge in [-0.3, -0.25) is 0 Å². The van der Waals surface area contributed by atoms with E-state index in [2.05, 4.69) is 33.0 Å². The largest absolute Gasteiger partial charge is 0.330 e. The highest BCUT2D eigenvalue weighted by atomic mass is 19.1. The topological polar surface area (TPSA) is 38.0 Å². The molecule has 1 aromatic rings. The van der Waals surface area contributed by atoms with Crippen molar-refractivity contribution >= 4 is 0 Å². The summed E-state index contributed by atoms with van der Waals surface area (Å²) in [6.07, 6.45) is 0.986. The maximum Gasteiger partial charge on any atom is 0.126 e. The van der Waals surface area contributed by atoms with Crippen molar-refractivity contribution in [3.05, 3.63) is 35.6 Å². The number of nitrogens with one attached hydrogen (secondary N) is 1. The standard InChI is InChI=1S/C16H27FN2/c1-15(2,9-10-18)11-19-12-16(3,4)13-7-5-6-8-14(13)17/h5-8,19H,9-12,18H2,1-4H3. The van der Waals surface area contributed by atoms with Crippen LogP contribution in [-0.2, 0) is 5.41 Å². The Morgan fingerprint density at radius 2 is 1.74 bits per heavy atom. The molecule has 108 valence electrons. The van der Waals surface area contributed by atoms with E-state index in [0.717, 1.165) is 25.1 Å². The zero-order valence-corrected chi connectivity index (χ0v) is 12.6. The minimum Gasteiger partial charge on any atom is -0.330 e. The van der Waals surface area contributed by atoms with Crippen LogP contribution in [0.4, 0.5) is 4.39 Å². The molecule has 0 heterocycles. The van der Waals surface area contributed by atoms with Crippen LogP contribution in [0.15, 0.2) is 24.3 Å². The molecular weight excluding hydrogens is 239 g/mol. The predicted octanol–water partition coefficient (Wildman–Crippen LogP) is 3.07. The molecule has 0 atom stereocenters. The fourth-order valence-electron chi connectivity index (χ4n) is 2.30. The van der Waals surface area contributed by atoms with Gasteiger partial charge in [0.2, 0.25) is 0 Å². The number of hydrogen-bond donors (Lipinski definition) is 2. The summed E-state index contributed by atoms with van der Waals surface area (Å²) in [6, 6.07) is 7.00. The third kappa shape index (κ3) is 4.92. The molecule has 0 spiro atoms. The zero-order chi connectivity index (χ0) is 14.5. The molecule has 3 heteroatoms. The molecule has 1 aromatic carbocycles. The van der Waals surface area contributed by atoms with E-state index >= 15 is 0 Å². The second kappa shape index (κ2) is 6.49. The maximum absolute atomic E-state index is 13.8. The molecule has 0 bridgehead atoms. The van der Waals surface area contributed by atoms with Crippen LogP contribution < -0.4 is 11.1 Å². The Balaban J connectivity index is 2.59. The minimum absolute atomic E-state index is 0.129. The average molecular weight is 266 g/mol. The highest BCUT2D eigenvalue weighted by Gasteiger charge is 2.25. The maximum atomic E-state index is 13.8. The first kappa shape index (κ1) is 16.1. The van der Waals surface area contributed by atoms with Crippen LogP contribution >= 0.6 is 0 Å². The first-order valence-electron chi connectivity index (χ1n) is 6.94. The van der Waals surface area contributed by atoms with Gasteiger partial charge in [-0.05, 0) is 30.0 Å². The fourth-order valence-corrected chi connectivity index (χ4v) is 2.30. The molecule has 0 aromatic heterocycles. The van der Waals surface area contributed by atoms with Crippen LogP contribution in [-0.4, -0.2) is 19.6 Å². The molecule has 3 N–H and O–H groups in total. The van der Waals surface area contributed by atoms with Crippen molar-refractivity contribution in [2.24, 2.45) is 11.1 Å². The lowest BCUT2D eigenvalue weighted by Crippen LogP contribution is -2.39. The van der Waals surface area contributed by atoms with Gasteiger partial charge in [0, 0.05) is 18.5 Å². The summed E-state index contributed by atoms with van der Waals surface area (Å²) in [6.45, 7) is 10.9. The van der Waals surface area contributed by atoms with Crippen LogP contribution in [0.1, 0.15) is 39.7 Å². The molecule has 0 aliphatic rings. The van der Waals surface area contributed by atoms with Crippen molar-refractivity contribution in [1.82, 2.24) is 5.32 Å². The van der Waals surface area contributed by atoms with Gasteiger partial charge in [0.15, 0.2) is 0 Å². The molecule has 0 amide bonds. The normalized spacial score (nSPS) is 12.7. The Hall–Kier alpha value is -0.930.